The predicted molar refractivity (Wildman–Crippen MR) is 65.7 cm³/mol. The van der Waals surface area contributed by atoms with Gasteiger partial charge in [-0.15, -0.1) is 0 Å². The van der Waals surface area contributed by atoms with E-state index in [1.807, 2.05) is 6.07 Å². The van der Waals surface area contributed by atoms with Gasteiger partial charge in [-0.25, -0.2) is 4.39 Å². The van der Waals surface area contributed by atoms with Crippen LogP contribution in [-0.4, -0.2) is 4.98 Å². The number of hydrogen-bond donors (Lipinski definition) is 2. The van der Waals surface area contributed by atoms with Crippen LogP contribution in [0.25, 0.3) is 0 Å². The fourth-order valence-electron chi connectivity index (χ4n) is 1.76. The van der Waals surface area contributed by atoms with Crippen LogP contribution in [0.5, 0.6) is 0 Å². The van der Waals surface area contributed by atoms with Gasteiger partial charge >= 0.3 is 0 Å². The smallest absolute Gasteiger partial charge is 0.123 e. The second-order valence-corrected chi connectivity index (χ2v) is 3.95. The molecule has 1 heterocycles. The summed E-state index contributed by atoms with van der Waals surface area (Å²) in [5.41, 5.74) is 14.1. The third-order valence-corrected chi connectivity index (χ3v) is 2.63. The minimum atomic E-state index is -0.273. The van der Waals surface area contributed by atoms with Crippen LogP contribution in [0.15, 0.2) is 42.7 Å². The second kappa shape index (κ2) is 4.93. The van der Waals surface area contributed by atoms with Crippen LogP contribution in [0.1, 0.15) is 17.2 Å². The van der Waals surface area contributed by atoms with Crippen molar-refractivity contribution in [2.24, 2.45) is 5.73 Å². The Morgan fingerprint density at radius 3 is 2.82 bits per heavy atom. The van der Waals surface area contributed by atoms with Crippen molar-refractivity contribution >= 4 is 5.69 Å². The van der Waals surface area contributed by atoms with Gasteiger partial charge in [0.15, 0.2) is 0 Å². The Labute approximate surface area is 99.3 Å². The van der Waals surface area contributed by atoms with Crippen LogP contribution in [0.4, 0.5) is 10.1 Å². The summed E-state index contributed by atoms with van der Waals surface area (Å²) >= 11 is 0. The molecule has 0 fully saturated rings. The molecule has 0 amide bonds. The van der Waals surface area contributed by atoms with Crippen LogP contribution in [-0.2, 0) is 6.42 Å². The van der Waals surface area contributed by atoms with Gasteiger partial charge < -0.3 is 11.5 Å². The largest absolute Gasteiger partial charge is 0.398 e. The van der Waals surface area contributed by atoms with E-state index in [9.17, 15) is 4.39 Å². The predicted octanol–water partition coefficient (Wildman–Crippen LogP) is 2.05. The average molecular weight is 231 g/mol. The van der Waals surface area contributed by atoms with Gasteiger partial charge in [-0.05, 0) is 30.2 Å². The fraction of sp³-hybridized carbons (Fsp3) is 0.154. The molecular weight excluding hydrogens is 217 g/mol. The maximum absolute atomic E-state index is 13.0. The molecule has 1 aromatic heterocycles. The van der Waals surface area contributed by atoms with Crippen LogP contribution in [0.3, 0.4) is 0 Å². The van der Waals surface area contributed by atoms with E-state index < -0.39 is 0 Å². The quantitative estimate of drug-likeness (QED) is 0.849. The summed E-state index contributed by atoms with van der Waals surface area (Å²) in [6.07, 6.45) is 3.81. The molecule has 1 atom stereocenters. The lowest BCUT2D eigenvalue weighted by Crippen LogP contribution is -2.15. The number of nitrogen functional groups attached to an aromatic ring is 1. The first kappa shape index (κ1) is 11.5. The number of nitrogens with two attached hydrogens (primary N) is 2. The average Bonchev–Trinajstić information content (AvgIpc) is 2.29. The Hall–Kier alpha value is -1.94. The van der Waals surface area contributed by atoms with E-state index in [1.165, 1.54) is 12.1 Å². The van der Waals surface area contributed by atoms with Gasteiger partial charge in [0.1, 0.15) is 5.82 Å². The lowest BCUT2D eigenvalue weighted by atomic mass is 10.00. The molecule has 2 rings (SSSR count). The van der Waals surface area contributed by atoms with Crippen molar-refractivity contribution in [3.8, 4) is 0 Å². The van der Waals surface area contributed by atoms with Crippen molar-refractivity contribution in [2.75, 3.05) is 5.73 Å². The SMILES string of the molecule is Nc1ccncc1C(N)Cc1cccc(F)c1. The number of anilines is 1. The normalized spacial score (nSPS) is 12.4. The summed E-state index contributed by atoms with van der Waals surface area (Å²) in [6.45, 7) is 0. The second-order valence-electron chi connectivity index (χ2n) is 3.95. The highest BCUT2D eigenvalue weighted by Crippen LogP contribution is 2.20. The van der Waals surface area contributed by atoms with E-state index in [2.05, 4.69) is 4.98 Å². The maximum Gasteiger partial charge on any atom is 0.123 e. The molecule has 4 heteroatoms. The van der Waals surface area contributed by atoms with Crippen molar-refractivity contribution in [2.45, 2.75) is 12.5 Å². The number of nitrogens with zero attached hydrogens (tertiary/aromatic N) is 1. The topological polar surface area (TPSA) is 64.9 Å². The van der Waals surface area contributed by atoms with Gasteiger partial charge in [0, 0.05) is 29.7 Å². The van der Waals surface area contributed by atoms with Crippen molar-refractivity contribution in [1.82, 2.24) is 4.98 Å². The molecule has 3 nitrogen and oxygen atoms in total. The summed E-state index contributed by atoms with van der Waals surface area (Å²) in [5.74, 6) is -0.256. The highest BCUT2D eigenvalue weighted by Gasteiger charge is 2.10. The van der Waals surface area contributed by atoms with Crippen molar-refractivity contribution in [1.29, 1.82) is 0 Å². The summed E-state index contributed by atoms with van der Waals surface area (Å²) in [5, 5.41) is 0. The van der Waals surface area contributed by atoms with Gasteiger partial charge in [-0.2, -0.15) is 0 Å². The molecule has 2 aromatic rings. The first-order valence-corrected chi connectivity index (χ1v) is 5.36. The van der Waals surface area contributed by atoms with E-state index in [1.54, 1.807) is 24.5 Å². The molecule has 0 aliphatic heterocycles. The number of halogens is 1. The molecule has 88 valence electrons. The Bertz CT molecular complexity index is 514. The van der Waals surface area contributed by atoms with Gasteiger partial charge in [-0.3, -0.25) is 4.98 Å². The maximum atomic E-state index is 13.0. The molecule has 0 spiro atoms. The number of aromatic nitrogens is 1. The Morgan fingerprint density at radius 2 is 2.12 bits per heavy atom. The van der Waals surface area contributed by atoms with Crippen LogP contribution in [0.2, 0.25) is 0 Å². The highest BCUT2D eigenvalue weighted by molar-refractivity contribution is 5.46. The third-order valence-electron chi connectivity index (χ3n) is 2.63. The molecule has 1 aromatic carbocycles. The standard InChI is InChI=1S/C13H14FN3/c14-10-3-1-2-9(6-10)7-13(16)11-8-17-5-4-12(11)15/h1-6,8,13H,7,16H2,(H2,15,17). The summed E-state index contributed by atoms with van der Waals surface area (Å²) in [6, 6.07) is 7.84. The van der Waals surface area contributed by atoms with Crippen molar-refractivity contribution in [3.63, 3.8) is 0 Å². The molecule has 0 aliphatic carbocycles. The summed E-state index contributed by atoms with van der Waals surface area (Å²) in [7, 11) is 0. The molecule has 0 aliphatic rings. The number of benzene rings is 1. The zero-order valence-electron chi connectivity index (χ0n) is 9.31. The van der Waals surface area contributed by atoms with Crippen LogP contribution in [0, 0.1) is 5.82 Å². The number of pyridine rings is 1. The van der Waals surface area contributed by atoms with Crippen molar-refractivity contribution in [3.05, 3.63) is 59.7 Å². The molecule has 0 radical (unpaired) electrons. The highest BCUT2D eigenvalue weighted by atomic mass is 19.1. The fourth-order valence-corrected chi connectivity index (χ4v) is 1.76. The first-order chi connectivity index (χ1) is 8.16. The lowest BCUT2D eigenvalue weighted by molar-refractivity contribution is 0.622. The van der Waals surface area contributed by atoms with Crippen molar-refractivity contribution < 1.29 is 4.39 Å². The molecule has 4 N–H and O–H groups in total. The molecular formula is C13H14FN3. The molecule has 17 heavy (non-hydrogen) atoms. The van der Waals surface area contributed by atoms with E-state index in [-0.39, 0.29) is 11.9 Å². The molecule has 0 saturated heterocycles. The Morgan fingerprint density at radius 1 is 1.29 bits per heavy atom. The van der Waals surface area contributed by atoms with Gasteiger partial charge in [-0.1, -0.05) is 12.1 Å². The van der Waals surface area contributed by atoms with Gasteiger partial charge in [0.25, 0.3) is 0 Å². The van der Waals surface area contributed by atoms with E-state index >= 15 is 0 Å². The Kier molecular flexibility index (Phi) is 3.35. The Balaban J connectivity index is 2.17. The minimum absolute atomic E-state index is 0.256. The third kappa shape index (κ3) is 2.79. The minimum Gasteiger partial charge on any atom is -0.398 e. The van der Waals surface area contributed by atoms with Gasteiger partial charge in [0.2, 0.25) is 0 Å². The summed E-state index contributed by atoms with van der Waals surface area (Å²) < 4.78 is 13.0. The van der Waals surface area contributed by atoms with Crippen LogP contribution >= 0.6 is 0 Å². The first-order valence-electron chi connectivity index (χ1n) is 5.36. The van der Waals surface area contributed by atoms with E-state index in [0.29, 0.717) is 12.1 Å². The summed E-state index contributed by atoms with van der Waals surface area (Å²) in [4.78, 5) is 3.99. The zero-order chi connectivity index (χ0) is 12.3. The van der Waals surface area contributed by atoms with E-state index in [4.69, 9.17) is 11.5 Å². The van der Waals surface area contributed by atoms with Gasteiger partial charge in [0.05, 0.1) is 0 Å². The number of hydrogen-bond acceptors (Lipinski definition) is 3. The number of rotatable bonds is 3. The zero-order valence-corrected chi connectivity index (χ0v) is 9.31. The van der Waals surface area contributed by atoms with E-state index in [0.717, 1.165) is 11.1 Å². The molecule has 1 unspecified atom stereocenters. The lowest BCUT2D eigenvalue weighted by Gasteiger charge is -2.13. The monoisotopic (exact) mass is 231 g/mol. The van der Waals surface area contributed by atoms with Crippen LogP contribution < -0.4 is 11.5 Å². The molecule has 0 bridgehead atoms. The molecule has 0 saturated carbocycles.